The van der Waals surface area contributed by atoms with Crippen molar-refractivity contribution < 1.29 is 19.1 Å². The highest BCUT2D eigenvalue weighted by atomic mass is 16.5. The van der Waals surface area contributed by atoms with E-state index in [2.05, 4.69) is 0 Å². The van der Waals surface area contributed by atoms with Crippen molar-refractivity contribution in [1.29, 1.82) is 0 Å². The highest BCUT2D eigenvalue weighted by Gasteiger charge is 2.30. The van der Waals surface area contributed by atoms with Crippen molar-refractivity contribution in [1.82, 2.24) is 4.90 Å². The van der Waals surface area contributed by atoms with Gasteiger partial charge >= 0.3 is 0 Å². The minimum atomic E-state index is -0.824. The topological polar surface area (TPSA) is 89.7 Å². The van der Waals surface area contributed by atoms with Gasteiger partial charge in [-0.1, -0.05) is 48.5 Å². The molecule has 1 aliphatic rings. The molecule has 1 heterocycles. The number of rotatable bonds is 4. The summed E-state index contributed by atoms with van der Waals surface area (Å²) in [4.78, 5) is 38.5. The van der Waals surface area contributed by atoms with Crippen molar-refractivity contribution in [2.24, 2.45) is 5.73 Å². The Morgan fingerprint density at radius 1 is 0.960 bits per heavy atom. The molecule has 128 valence electrons. The molecule has 0 radical (unpaired) electrons. The largest absolute Gasteiger partial charge is 0.367 e. The van der Waals surface area contributed by atoms with Crippen LogP contribution in [0.3, 0.4) is 0 Å². The number of nitrogens with zero attached hydrogens (tertiary/aromatic N) is 1. The number of morpholine rings is 1. The Hall–Kier alpha value is -2.99. The van der Waals surface area contributed by atoms with Gasteiger partial charge in [-0.25, -0.2) is 0 Å². The molecule has 0 saturated carbocycles. The Labute approximate surface area is 145 Å². The molecule has 25 heavy (non-hydrogen) atoms. The van der Waals surface area contributed by atoms with Crippen molar-refractivity contribution in [3.63, 3.8) is 0 Å². The van der Waals surface area contributed by atoms with E-state index in [1.807, 2.05) is 6.07 Å². The third-order valence-corrected chi connectivity index (χ3v) is 4.11. The molecular formula is C19H18N2O4. The number of benzene rings is 2. The van der Waals surface area contributed by atoms with Crippen molar-refractivity contribution >= 4 is 17.6 Å². The Morgan fingerprint density at radius 2 is 1.60 bits per heavy atom. The minimum Gasteiger partial charge on any atom is -0.367 e. The van der Waals surface area contributed by atoms with Crippen LogP contribution < -0.4 is 5.73 Å². The zero-order valence-corrected chi connectivity index (χ0v) is 13.6. The Kier molecular flexibility index (Phi) is 4.90. The van der Waals surface area contributed by atoms with E-state index >= 15 is 0 Å². The molecule has 6 heteroatoms. The van der Waals surface area contributed by atoms with Gasteiger partial charge in [0.15, 0.2) is 11.9 Å². The zero-order chi connectivity index (χ0) is 17.8. The van der Waals surface area contributed by atoms with Crippen LogP contribution >= 0.6 is 0 Å². The molecule has 1 fully saturated rings. The fourth-order valence-electron chi connectivity index (χ4n) is 2.79. The summed E-state index contributed by atoms with van der Waals surface area (Å²) in [5.74, 6) is -1.13. The number of amides is 2. The lowest BCUT2D eigenvalue weighted by molar-refractivity contribution is -0.133. The summed E-state index contributed by atoms with van der Waals surface area (Å²) in [6.45, 7) is 0.659. The number of carbonyl (C=O) groups is 3. The van der Waals surface area contributed by atoms with Gasteiger partial charge in [0, 0.05) is 17.7 Å². The molecule has 0 spiro atoms. The summed E-state index contributed by atoms with van der Waals surface area (Å²) in [7, 11) is 0. The number of ketones is 1. The van der Waals surface area contributed by atoms with E-state index in [4.69, 9.17) is 10.5 Å². The van der Waals surface area contributed by atoms with Crippen LogP contribution in [0.5, 0.6) is 0 Å². The van der Waals surface area contributed by atoms with E-state index in [1.165, 1.54) is 4.90 Å². The van der Waals surface area contributed by atoms with E-state index in [0.717, 1.165) is 0 Å². The van der Waals surface area contributed by atoms with Crippen LogP contribution in [0.25, 0.3) is 0 Å². The van der Waals surface area contributed by atoms with E-state index in [1.54, 1.807) is 48.5 Å². The standard InChI is InChI=1S/C19H18N2O4/c20-18(23)16-12-21(10-11-25-16)19(24)15-9-5-4-8-14(15)17(22)13-6-2-1-3-7-13/h1-9,16H,10-12H2,(H2,20,23)/t16-/m0/s1. The van der Waals surface area contributed by atoms with E-state index in [9.17, 15) is 14.4 Å². The van der Waals surface area contributed by atoms with Gasteiger partial charge in [-0.15, -0.1) is 0 Å². The van der Waals surface area contributed by atoms with Gasteiger partial charge in [-0.05, 0) is 6.07 Å². The van der Waals surface area contributed by atoms with Gasteiger partial charge in [0.05, 0.1) is 18.7 Å². The number of carbonyl (C=O) groups excluding carboxylic acids is 3. The summed E-state index contributed by atoms with van der Waals surface area (Å²) in [6, 6.07) is 15.5. The van der Waals surface area contributed by atoms with Crippen molar-refractivity contribution in [3.8, 4) is 0 Å². The molecule has 1 saturated heterocycles. The lowest BCUT2D eigenvalue weighted by atomic mass is 9.97. The van der Waals surface area contributed by atoms with Crippen LogP contribution in [0.15, 0.2) is 54.6 Å². The van der Waals surface area contributed by atoms with Crippen LogP contribution in [0.2, 0.25) is 0 Å². The van der Waals surface area contributed by atoms with Crippen LogP contribution in [0, 0.1) is 0 Å². The maximum Gasteiger partial charge on any atom is 0.254 e. The molecule has 2 amide bonds. The summed E-state index contributed by atoms with van der Waals surface area (Å²) in [5.41, 5.74) is 6.42. The maximum absolute atomic E-state index is 12.9. The molecule has 2 aromatic rings. The third-order valence-electron chi connectivity index (χ3n) is 4.11. The van der Waals surface area contributed by atoms with Gasteiger partial charge < -0.3 is 15.4 Å². The van der Waals surface area contributed by atoms with Gasteiger partial charge in [0.2, 0.25) is 5.91 Å². The summed E-state index contributed by atoms with van der Waals surface area (Å²) >= 11 is 0. The summed E-state index contributed by atoms with van der Waals surface area (Å²) in [5, 5.41) is 0. The van der Waals surface area contributed by atoms with Crippen molar-refractivity contribution in [3.05, 3.63) is 71.3 Å². The van der Waals surface area contributed by atoms with Crippen LogP contribution in [-0.4, -0.2) is 48.3 Å². The summed E-state index contributed by atoms with van der Waals surface area (Å²) < 4.78 is 5.27. The van der Waals surface area contributed by atoms with E-state index in [-0.39, 0.29) is 24.8 Å². The molecule has 1 aliphatic heterocycles. The third kappa shape index (κ3) is 3.59. The molecule has 2 N–H and O–H groups in total. The lowest BCUT2D eigenvalue weighted by Gasteiger charge is -2.31. The van der Waals surface area contributed by atoms with Crippen LogP contribution in [0.1, 0.15) is 26.3 Å². The van der Waals surface area contributed by atoms with Gasteiger partial charge in [0.1, 0.15) is 0 Å². The average Bonchev–Trinajstić information content (AvgIpc) is 2.67. The SMILES string of the molecule is NC(=O)[C@@H]1CN(C(=O)c2ccccc2C(=O)c2ccccc2)CCO1. The van der Waals surface area contributed by atoms with Crippen molar-refractivity contribution in [2.45, 2.75) is 6.10 Å². The molecule has 2 aromatic carbocycles. The molecule has 6 nitrogen and oxygen atoms in total. The molecule has 0 aromatic heterocycles. The molecule has 0 aliphatic carbocycles. The number of nitrogens with two attached hydrogens (primary N) is 1. The maximum atomic E-state index is 12.9. The van der Waals surface area contributed by atoms with Gasteiger partial charge in [-0.2, -0.15) is 0 Å². The second-order valence-corrected chi connectivity index (χ2v) is 5.75. The number of hydrogen-bond acceptors (Lipinski definition) is 4. The van der Waals surface area contributed by atoms with Crippen molar-refractivity contribution in [2.75, 3.05) is 19.7 Å². The normalized spacial score (nSPS) is 17.1. The van der Waals surface area contributed by atoms with E-state index < -0.39 is 12.0 Å². The number of hydrogen-bond donors (Lipinski definition) is 1. The molecule has 0 unspecified atom stereocenters. The lowest BCUT2D eigenvalue weighted by Crippen LogP contribution is -2.50. The monoisotopic (exact) mass is 338 g/mol. The van der Waals surface area contributed by atoms with Gasteiger partial charge in [-0.3, -0.25) is 14.4 Å². The Morgan fingerprint density at radius 3 is 2.28 bits per heavy atom. The predicted molar refractivity (Wildman–Crippen MR) is 91.2 cm³/mol. The fraction of sp³-hybridized carbons (Fsp3) is 0.211. The van der Waals surface area contributed by atoms with Gasteiger partial charge in [0.25, 0.3) is 5.91 Å². The van der Waals surface area contributed by atoms with Crippen LogP contribution in [0.4, 0.5) is 0 Å². The van der Waals surface area contributed by atoms with Crippen LogP contribution in [-0.2, 0) is 9.53 Å². The first kappa shape index (κ1) is 16.9. The molecule has 3 rings (SSSR count). The first-order valence-electron chi connectivity index (χ1n) is 7.97. The highest BCUT2D eigenvalue weighted by Crippen LogP contribution is 2.18. The quantitative estimate of drug-likeness (QED) is 0.850. The second kappa shape index (κ2) is 7.27. The molecular weight excluding hydrogens is 320 g/mol. The minimum absolute atomic E-state index is 0.0853. The second-order valence-electron chi connectivity index (χ2n) is 5.75. The van der Waals surface area contributed by atoms with E-state index in [0.29, 0.717) is 23.2 Å². The number of primary amides is 1. The zero-order valence-electron chi connectivity index (χ0n) is 13.6. The average molecular weight is 338 g/mol. The first-order valence-corrected chi connectivity index (χ1v) is 7.97. The molecule has 0 bridgehead atoms. The smallest absolute Gasteiger partial charge is 0.254 e. The summed E-state index contributed by atoms with van der Waals surface area (Å²) in [6.07, 6.45) is -0.824. The fourth-order valence-corrected chi connectivity index (χ4v) is 2.79. The predicted octanol–water partition coefficient (Wildman–Crippen LogP) is 1.24. The highest BCUT2D eigenvalue weighted by molar-refractivity contribution is 6.15. The Balaban J connectivity index is 1.89. The molecule has 1 atom stereocenters. The number of ether oxygens (including phenoxy) is 1. The Bertz CT molecular complexity index is 804. The first-order chi connectivity index (χ1) is 12.1.